The van der Waals surface area contributed by atoms with Crippen LogP contribution in [0.25, 0.3) is 0 Å². The molecule has 4 rings (SSSR count). The van der Waals surface area contributed by atoms with Crippen molar-refractivity contribution >= 4 is 0 Å². The number of rotatable bonds is 6. The minimum Gasteiger partial charge on any atom is -0.371 e. The first-order valence-corrected chi connectivity index (χ1v) is 7.25. The van der Waals surface area contributed by atoms with E-state index in [2.05, 4.69) is 13.2 Å². The van der Waals surface area contributed by atoms with Crippen molar-refractivity contribution in [3.8, 4) is 0 Å². The van der Waals surface area contributed by atoms with E-state index in [1.54, 1.807) is 0 Å². The number of hydrogen-bond donors (Lipinski definition) is 0. The third-order valence-corrected chi connectivity index (χ3v) is 5.04. The molecule has 18 heavy (non-hydrogen) atoms. The maximum Gasteiger partial charge on any atom is 0.0955 e. The van der Waals surface area contributed by atoms with Gasteiger partial charge in [0.25, 0.3) is 0 Å². The average molecular weight is 248 g/mol. The highest BCUT2D eigenvalue weighted by atomic mass is 16.6. The Morgan fingerprint density at radius 3 is 2.28 bits per heavy atom. The molecule has 0 aromatic carbocycles. The van der Waals surface area contributed by atoms with Gasteiger partial charge in [0, 0.05) is 0 Å². The van der Waals surface area contributed by atoms with Gasteiger partial charge >= 0.3 is 0 Å². The topological polar surface area (TPSA) is 18.5 Å². The van der Waals surface area contributed by atoms with E-state index in [0.29, 0.717) is 19.1 Å². The van der Waals surface area contributed by atoms with Gasteiger partial charge in [-0.1, -0.05) is 12.2 Å². The maximum atomic E-state index is 6.22. The molecule has 0 amide bonds. The lowest BCUT2D eigenvalue weighted by molar-refractivity contribution is -0.237. The molecule has 0 aliphatic heterocycles. The van der Waals surface area contributed by atoms with Crippen LogP contribution in [0.5, 0.6) is 0 Å². The molecule has 4 aliphatic carbocycles. The van der Waals surface area contributed by atoms with E-state index >= 15 is 0 Å². The lowest BCUT2D eigenvalue weighted by Crippen LogP contribution is -2.62. The van der Waals surface area contributed by atoms with E-state index in [9.17, 15) is 0 Å². The van der Waals surface area contributed by atoms with E-state index < -0.39 is 0 Å². The van der Waals surface area contributed by atoms with Crippen molar-refractivity contribution in [1.82, 2.24) is 0 Å². The summed E-state index contributed by atoms with van der Waals surface area (Å²) in [6.45, 7) is 8.85. The maximum absolute atomic E-state index is 6.22. The second-order valence-corrected chi connectivity index (χ2v) is 6.31. The molecular formula is C16H24O2. The minimum absolute atomic E-state index is 0.0219. The van der Waals surface area contributed by atoms with Crippen LogP contribution in [0.15, 0.2) is 25.3 Å². The largest absolute Gasteiger partial charge is 0.371 e. The summed E-state index contributed by atoms with van der Waals surface area (Å²) in [5, 5.41) is 0. The van der Waals surface area contributed by atoms with E-state index in [1.807, 2.05) is 12.2 Å². The van der Waals surface area contributed by atoms with Gasteiger partial charge in [-0.3, -0.25) is 0 Å². The summed E-state index contributed by atoms with van der Waals surface area (Å²) in [4.78, 5) is 0. The first-order valence-electron chi connectivity index (χ1n) is 7.25. The molecule has 0 heterocycles. The molecule has 4 aliphatic rings. The minimum atomic E-state index is -0.0219. The monoisotopic (exact) mass is 248 g/mol. The average Bonchev–Trinajstić information content (AvgIpc) is 2.35. The molecule has 3 atom stereocenters. The molecule has 4 bridgehead atoms. The van der Waals surface area contributed by atoms with Crippen molar-refractivity contribution in [3.05, 3.63) is 25.3 Å². The Kier molecular flexibility index (Phi) is 3.33. The van der Waals surface area contributed by atoms with Crippen molar-refractivity contribution in [2.45, 2.75) is 43.8 Å². The Hall–Kier alpha value is -0.600. The molecule has 4 saturated carbocycles. The Morgan fingerprint density at radius 1 is 1.00 bits per heavy atom. The van der Waals surface area contributed by atoms with Gasteiger partial charge in [-0.25, -0.2) is 0 Å². The lowest BCUT2D eigenvalue weighted by Gasteiger charge is -2.60. The van der Waals surface area contributed by atoms with Crippen LogP contribution < -0.4 is 0 Å². The van der Waals surface area contributed by atoms with Crippen molar-refractivity contribution in [1.29, 1.82) is 0 Å². The zero-order valence-corrected chi connectivity index (χ0v) is 11.1. The molecule has 0 radical (unpaired) electrons. The molecule has 0 spiro atoms. The Morgan fingerprint density at radius 2 is 1.67 bits per heavy atom. The van der Waals surface area contributed by atoms with Crippen LogP contribution in [-0.2, 0) is 9.47 Å². The summed E-state index contributed by atoms with van der Waals surface area (Å²) in [5.74, 6) is 2.45. The molecule has 3 unspecified atom stereocenters. The predicted octanol–water partition coefficient (Wildman–Crippen LogP) is 3.34. The SMILES string of the molecule is C=CCOC1C2CC3CC(C2)CC1(OCC=C)C3. The third-order valence-electron chi connectivity index (χ3n) is 5.04. The zero-order chi connectivity index (χ0) is 12.6. The van der Waals surface area contributed by atoms with Gasteiger partial charge in [-0.2, -0.15) is 0 Å². The lowest BCUT2D eigenvalue weighted by atomic mass is 9.52. The van der Waals surface area contributed by atoms with Crippen LogP contribution in [0.1, 0.15) is 32.1 Å². The molecule has 2 nitrogen and oxygen atoms in total. The highest BCUT2D eigenvalue weighted by Gasteiger charge is 2.58. The number of ether oxygens (including phenoxy) is 2. The second kappa shape index (κ2) is 4.82. The quantitative estimate of drug-likeness (QED) is 0.671. The van der Waals surface area contributed by atoms with Crippen molar-refractivity contribution < 1.29 is 9.47 Å². The van der Waals surface area contributed by atoms with E-state index in [0.717, 1.165) is 11.8 Å². The van der Waals surface area contributed by atoms with Crippen LogP contribution in [0.3, 0.4) is 0 Å². The normalized spacial score (nSPS) is 45.1. The fourth-order valence-electron chi connectivity index (χ4n) is 4.80. The Balaban J connectivity index is 1.80. The molecule has 0 N–H and O–H groups in total. The summed E-state index contributed by atoms with van der Waals surface area (Å²) in [6.07, 6.45) is 10.5. The summed E-state index contributed by atoms with van der Waals surface area (Å²) in [6, 6.07) is 0. The summed E-state index contributed by atoms with van der Waals surface area (Å²) >= 11 is 0. The molecule has 0 aromatic heterocycles. The fraction of sp³-hybridized carbons (Fsp3) is 0.750. The van der Waals surface area contributed by atoms with Gasteiger partial charge in [-0.15, -0.1) is 13.2 Å². The molecule has 2 heteroatoms. The molecule has 0 saturated heterocycles. The smallest absolute Gasteiger partial charge is 0.0955 e. The standard InChI is InChI=1S/C16H24O2/c1-3-5-17-15-14-8-12-7-13(9-14)11-16(15,10-12)18-6-4-2/h3-4,12-15H,1-2,5-11H2. The van der Waals surface area contributed by atoms with Gasteiger partial charge in [0.2, 0.25) is 0 Å². The first kappa shape index (κ1) is 12.4. The molecule has 0 aromatic rings. The number of hydrogen-bond acceptors (Lipinski definition) is 2. The van der Waals surface area contributed by atoms with Crippen LogP contribution in [0.4, 0.5) is 0 Å². The van der Waals surface area contributed by atoms with E-state index in [-0.39, 0.29) is 11.7 Å². The van der Waals surface area contributed by atoms with Crippen molar-refractivity contribution in [3.63, 3.8) is 0 Å². The van der Waals surface area contributed by atoms with Crippen molar-refractivity contribution in [2.75, 3.05) is 13.2 Å². The van der Waals surface area contributed by atoms with Crippen LogP contribution >= 0.6 is 0 Å². The Labute approximate surface area is 110 Å². The predicted molar refractivity (Wildman–Crippen MR) is 72.4 cm³/mol. The van der Waals surface area contributed by atoms with E-state index in [4.69, 9.17) is 9.47 Å². The van der Waals surface area contributed by atoms with Crippen LogP contribution in [-0.4, -0.2) is 24.9 Å². The second-order valence-electron chi connectivity index (χ2n) is 6.31. The molecule has 4 fully saturated rings. The summed E-state index contributed by atoms with van der Waals surface area (Å²) in [5.41, 5.74) is -0.0219. The summed E-state index contributed by atoms with van der Waals surface area (Å²) < 4.78 is 12.3. The van der Waals surface area contributed by atoms with E-state index in [1.165, 1.54) is 32.1 Å². The highest BCUT2D eigenvalue weighted by molar-refractivity contribution is 5.09. The summed E-state index contributed by atoms with van der Waals surface area (Å²) in [7, 11) is 0. The first-order chi connectivity index (χ1) is 8.77. The van der Waals surface area contributed by atoms with Gasteiger partial charge in [-0.05, 0) is 49.9 Å². The van der Waals surface area contributed by atoms with Crippen LogP contribution in [0.2, 0.25) is 0 Å². The van der Waals surface area contributed by atoms with Gasteiger partial charge in [0.1, 0.15) is 0 Å². The van der Waals surface area contributed by atoms with Crippen LogP contribution in [0, 0.1) is 17.8 Å². The molecular weight excluding hydrogens is 224 g/mol. The van der Waals surface area contributed by atoms with Crippen molar-refractivity contribution in [2.24, 2.45) is 17.8 Å². The highest BCUT2D eigenvalue weighted by Crippen LogP contribution is 2.58. The van der Waals surface area contributed by atoms with Gasteiger partial charge < -0.3 is 9.47 Å². The third kappa shape index (κ3) is 1.96. The molecule has 100 valence electrons. The zero-order valence-electron chi connectivity index (χ0n) is 11.1. The van der Waals surface area contributed by atoms with Gasteiger partial charge in [0.15, 0.2) is 0 Å². The Bertz CT molecular complexity index is 322. The van der Waals surface area contributed by atoms with Gasteiger partial charge in [0.05, 0.1) is 24.9 Å². The fourth-order valence-corrected chi connectivity index (χ4v) is 4.80.